The summed E-state index contributed by atoms with van der Waals surface area (Å²) in [5, 5.41) is 19.7. The molecule has 0 saturated heterocycles. The first-order valence-corrected chi connectivity index (χ1v) is 15.2. The first kappa shape index (κ1) is 33.5. The van der Waals surface area contributed by atoms with E-state index in [-0.39, 0.29) is 36.8 Å². The van der Waals surface area contributed by atoms with Crippen LogP contribution in [0.15, 0.2) is 42.5 Å². The molecular weight excluding hydrogens is 620 g/mol. The summed E-state index contributed by atoms with van der Waals surface area (Å²) >= 11 is 0. The second kappa shape index (κ2) is 14.3. The maximum Gasteiger partial charge on any atom is 0.276 e. The summed E-state index contributed by atoms with van der Waals surface area (Å²) in [6.45, 7) is 4.86. The number of aromatic nitrogens is 6. The molecule has 5 rings (SSSR count). The van der Waals surface area contributed by atoms with E-state index >= 15 is 0 Å². The van der Waals surface area contributed by atoms with Crippen LogP contribution in [0.2, 0.25) is 0 Å². The van der Waals surface area contributed by atoms with Crippen molar-refractivity contribution in [2.45, 2.75) is 39.9 Å². The number of methoxy groups -OCH3 is 1. The molecular formula is C32H38N10O6. The molecule has 0 radical (unpaired) electrons. The average Bonchev–Trinajstić information content (AvgIpc) is 3.74. The lowest BCUT2D eigenvalue weighted by molar-refractivity contribution is 0.0991. The van der Waals surface area contributed by atoms with E-state index in [2.05, 4.69) is 25.7 Å². The predicted octanol–water partition coefficient (Wildman–Crippen LogP) is 2.43. The van der Waals surface area contributed by atoms with Crippen LogP contribution in [0.1, 0.15) is 50.2 Å². The molecule has 0 unspecified atom stereocenters. The molecule has 3 heterocycles. The van der Waals surface area contributed by atoms with E-state index in [0.717, 1.165) is 0 Å². The Balaban J connectivity index is 1.55. The molecule has 3 amide bonds. The standard InChI is InChI=1S/C32H38N10O6/c1-5-42-23(13-18(2)39-42)30(46)38-32-37-22-15-20(29(34)45)17-25(48-12-8-11-43)27(22)41(32)10-7-6-9-40-26-21(36-31(40)35-3)14-19(28(33)44)16-24(26)47-4/h6-7,13-17,43H,5,8-12H2,1-4H3,(H2,33,44)(H2,34,45)(H,35,36)(H,37,38,46)/b7-6+. The molecule has 252 valence electrons. The van der Waals surface area contributed by atoms with Crippen molar-refractivity contribution in [2.24, 2.45) is 11.5 Å². The fourth-order valence-electron chi connectivity index (χ4n) is 5.39. The number of ether oxygens (including phenoxy) is 2. The first-order valence-electron chi connectivity index (χ1n) is 15.2. The molecule has 7 N–H and O–H groups in total. The topological polar surface area (TPSA) is 219 Å². The van der Waals surface area contributed by atoms with Crippen molar-refractivity contribution < 1.29 is 29.0 Å². The largest absolute Gasteiger partial charge is 0.494 e. The molecule has 5 aromatic rings. The molecule has 2 aromatic carbocycles. The number of aliphatic hydroxyl groups is 1. The molecule has 0 atom stereocenters. The zero-order valence-corrected chi connectivity index (χ0v) is 27.1. The lowest BCUT2D eigenvalue weighted by atomic mass is 10.1. The molecule has 0 saturated carbocycles. The highest BCUT2D eigenvalue weighted by Crippen LogP contribution is 2.32. The van der Waals surface area contributed by atoms with Crippen LogP contribution in [0.4, 0.5) is 11.9 Å². The van der Waals surface area contributed by atoms with Crippen LogP contribution in [0.3, 0.4) is 0 Å². The molecule has 0 fully saturated rings. The number of imidazole rings is 2. The third-order valence-electron chi connectivity index (χ3n) is 7.59. The molecule has 16 nitrogen and oxygen atoms in total. The smallest absolute Gasteiger partial charge is 0.276 e. The number of hydrogen-bond acceptors (Lipinski definition) is 10. The van der Waals surface area contributed by atoms with Crippen molar-refractivity contribution in [1.82, 2.24) is 28.9 Å². The summed E-state index contributed by atoms with van der Waals surface area (Å²) in [5.74, 6) is -0.178. The van der Waals surface area contributed by atoms with Crippen LogP contribution in [-0.2, 0) is 19.6 Å². The number of aryl methyl sites for hydroxylation is 2. The number of primary amides is 2. The van der Waals surface area contributed by atoms with E-state index in [4.69, 9.17) is 20.9 Å². The Kier molecular flexibility index (Phi) is 9.93. The lowest BCUT2D eigenvalue weighted by Crippen LogP contribution is -2.20. The fourth-order valence-corrected chi connectivity index (χ4v) is 5.39. The van der Waals surface area contributed by atoms with Gasteiger partial charge in [-0.15, -0.1) is 0 Å². The summed E-state index contributed by atoms with van der Waals surface area (Å²) in [5.41, 5.74) is 14.7. The third kappa shape index (κ3) is 6.64. The second-order valence-electron chi connectivity index (χ2n) is 10.8. The van der Waals surface area contributed by atoms with Gasteiger partial charge in [-0.1, -0.05) is 12.2 Å². The normalized spacial score (nSPS) is 11.4. The molecule has 16 heteroatoms. The van der Waals surface area contributed by atoms with Crippen molar-refractivity contribution >= 4 is 51.7 Å². The summed E-state index contributed by atoms with van der Waals surface area (Å²) in [6.07, 6.45) is 4.14. The predicted molar refractivity (Wildman–Crippen MR) is 180 cm³/mol. The lowest BCUT2D eigenvalue weighted by Gasteiger charge is -2.13. The van der Waals surface area contributed by atoms with E-state index in [9.17, 15) is 19.5 Å². The van der Waals surface area contributed by atoms with Crippen molar-refractivity contribution in [2.75, 3.05) is 38.0 Å². The van der Waals surface area contributed by atoms with Crippen LogP contribution >= 0.6 is 0 Å². The molecule has 0 bridgehead atoms. The number of carbonyl (C=O) groups is 3. The number of nitrogens with one attached hydrogen (secondary N) is 2. The molecule has 3 aromatic heterocycles. The van der Waals surface area contributed by atoms with Gasteiger partial charge in [0.1, 0.15) is 28.2 Å². The van der Waals surface area contributed by atoms with Crippen LogP contribution in [-0.4, -0.2) is 79.1 Å². The highest BCUT2D eigenvalue weighted by Gasteiger charge is 2.22. The van der Waals surface area contributed by atoms with Gasteiger partial charge in [0.25, 0.3) is 5.91 Å². The average molecular weight is 659 g/mol. The quantitative estimate of drug-likeness (QED) is 0.0817. The zero-order chi connectivity index (χ0) is 34.5. The SMILES string of the molecule is CCn1nc(C)cc1C(=O)Nc1nc2cc(C(N)=O)cc(OCCCO)c2n1C/C=C/Cn1c(NC)nc2cc(C(N)=O)cc(OC)c21. The van der Waals surface area contributed by atoms with E-state index in [1.165, 1.54) is 19.2 Å². The molecule has 48 heavy (non-hydrogen) atoms. The Morgan fingerprint density at radius 1 is 0.917 bits per heavy atom. The van der Waals surface area contributed by atoms with Crippen LogP contribution < -0.4 is 31.6 Å². The van der Waals surface area contributed by atoms with Crippen LogP contribution in [0.25, 0.3) is 22.1 Å². The minimum absolute atomic E-state index is 0.0847. The van der Waals surface area contributed by atoms with E-state index in [1.807, 2.05) is 23.6 Å². The highest BCUT2D eigenvalue weighted by molar-refractivity contribution is 6.04. The Morgan fingerprint density at radius 3 is 2.06 bits per heavy atom. The van der Waals surface area contributed by atoms with E-state index < -0.39 is 17.7 Å². The Morgan fingerprint density at radius 2 is 1.50 bits per heavy atom. The maximum absolute atomic E-state index is 13.5. The number of anilines is 2. The number of benzene rings is 2. The van der Waals surface area contributed by atoms with Crippen LogP contribution in [0.5, 0.6) is 11.5 Å². The summed E-state index contributed by atoms with van der Waals surface area (Å²) in [4.78, 5) is 46.8. The van der Waals surface area contributed by atoms with E-state index in [0.29, 0.717) is 70.4 Å². The summed E-state index contributed by atoms with van der Waals surface area (Å²) in [7, 11) is 3.24. The van der Waals surface area contributed by atoms with Gasteiger partial charge in [-0.3, -0.25) is 24.4 Å². The highest BCUT2D eigenvalue weighted by atomic mass is 16.5. The van der Waals surface area contributed by atoms with Crippen molar-refractivity contribution in [3.05, 3.63) is 65.0 Å². The third-order valence-corrected chi connectivity index (χ3v) is 7.59. The number of carbonyl (C=O) groups excluding carboxylic acids is 3. The fraction of sp³-hybridized carbons (Fsp3) is 0.312. The molecule has 0 aliphatic heterocycles. The van der Waals surface area contributed by atoms with E-state index in [1.54, 1.807) is 41.4 Å². The number of rotatable bonds is 15. The minimum atomic E-state index is -0.669. The summed E-state index contributed by atoms with van der Waals surface area (Å²) < 4.78 is 16.8. The van der Waals surface area contributed by atoms with Gasteiger partial charge < -0.3 is 40.5 Å². The molecule has 0 aliphatic rings. The number of amides is 3. The number of fused-ring (bicyclic) bond motifs is 2. The van der Waals surface area contributed by atoms with Crippen molar-refractivity contribution in [3.63, 3.8) is 0 Å². The van der Waals surface area contributed by atoms with Gasteiger partial charge in [-0.25, -0.2) is 9.97 Å². The number of aliphatic hydroxyl groups excluding tert-OH is 1. The monoisotopic (exact) mass is 658 g/mol. The Hall–Kier alpha value is -5.90. The maximum atomic E-state index is 13.5. The summed E-state index contributed by atoms with van der Waals surface area (Å²) in [6, 6.07) is 7.93. The minimum Gasteiger partial charge on any atom is -0.494 e. The molecule has 0 aliphatic carbocycles. The Labute approximate surface area is 275 Å². The van der Waals surface area contributed by atoms with Gasteiger partial charge in [0.2, 0.25) is 23.7 Å². The van der Waals surface area contributed by atoms with Gasteiger partial charge in [0.15, 0.2) is 0 Å². The molecule has 0 spiro atoms. The van der Waals surface area contributed by atoms with Gasteiger partial charge in [-0.05, 0) is 44.2 Å². The number of nitrogens with two attached hydrogens (primary N) is 2. The zero-order valence-electron chi connectivity index (χ0n) is 27.1. The van der Waals surface area contributed by atoms with Crippen LogP contribution in [0, 0.1) is 6.92 Å². The van der Waals surface area contributed by atoms with Crippen molar-refractivity contribution in [3.8, 4) is 11.5 Å². The van der Waals surface area contributed by atoms with Gasteiger partial charge in [-0.2, -0.15) is 5.10 Å². The Bertz CT molecular complexity index is 2040. The number of hydrogen-bond donors (Lipinski definition) is 5. The van der Waals surface area contributed by atoms with Crippen molar-refractivity contribution in [1.29, 1.82) is 0 Å². The number of allylic oxidation sites excluding steroid dienone is 2. The van der Waals surface area contributed by atoms with Gasteiger partial charge in [0.05, 0.1) is 30.4 Å². The first-order chi connectivity index (χ1) is 23.1. The second-order valence-corrected chi connectivity index (χ2v) is 10.8. The number of nitrogens with zero attached hydrogens (tertiary/aromatic N) is 6. The van der Waals surface area contributed by atoms with Gasteiger partial charge >= 0.3 is 0 Å². The van der Waals surface area contributed by atoms with Gasteiger partial charge in [0, 0.05) is 50.8 Å².